The van der Waals surface area contributed by atoms with Crippen LogP contribution in [-0.2, 0) is 18.9 Å². The number of fused-ring (bicyclic) bond motifs is 2. The van der Waals surface area contributed by atoms with Crippen molar-refractivity contribution in [3.63, 3.8) is 0 Å². The molecule has 33 heavy (non-hydrogen) atoms. The molecule has 1 saturated heterocycles. The first kappa shape index (κ1) is 23.1. The maximum absolute atomic E-state index is 13.0. The lowest BCUT2D eigenvalue weighted by Crippen LogP contribution is -2.82. The molecular weight excluding hydrogens is 426 g/mol. The first-order valence-electron chi connectivity index (χ1n) is 12.7. The molecule has 188 valence electrons. The first-order valence-corrected chi connectivity index (χ1v) is 12.7. The second-order valence-electron chi connectivity index (χ2n) is 11.8. The number of hydrogen-bond acceptors (Lipinski definition) is 8. The monoisotopic (exact) mass is 467 g/mol. The van der Waals surface area contributed by atoms with Crippen LogP contribution in [0.25, 0.3) is 0 Å². The minimum Gasteiger partial charge on any atom is -0.396 e. The van der Waals surface area contributed by atoms with Gasteiger partial charge in [0.2, 0.25) is 0 Å². The van der Waals surface area contributed by atoms with Crippen LogP contribution < -0.4 is 0 Å². The Kier molecular flexibility index (Phi) is 4.99. The normalized spacial score (nSPS) is 60.9. The predicted octanol–water partition coefficient (Wildman–Crippen LogP) is 0.271. The van der Waals surface area contributed by atoms with E-state index < -0.39 is 28.1 Å². The van der Waals surface area contributed by atoms with Crippen molar-refractivity contribution in [1.29, 1.82) is 0 Å². The standard InChI is InChI=1S/C25H41NO7/c1-6-26-11-22(12-27)8-7-16(31-3)24-14-9-13-15(30-2)10-23(28,17(14)18(13)32-4)25(29,21(24)26)20(33-5)19(22)24/h13-21,27-29H,6-12H2,1-5H3/t13-,14-,15+,16+,17-,18+,19-,20-,21?,22+,23-,24+,25-/m1/s1. The van der Waals surface area contributed by atoms with Crippen molar-refractivity contribution in [3.05, 3.63) is 0 Å². The summed E-state index contributed by atoms with van der Waals surface area (Å²) in [5.41, 5.74) is -3.78. The highest BCUT2D eigenvalue weighted by atomic mass is 16.5. The molecule has 6 fully saturated rings. The van der Waals surface area contributed by atoms with E-state index in [-0.39, 0.29) is 54.6 Å². The highest BCUT2D eigenvalue weighted by Gasteiger charge is 2.91. The summed E-state index contributed by atoms with van der Waals surface area (Å²) in [6.07, 6.45) is 1.81. The van der Waals surface area contributed by atoms with Gasteiger partial charge in [-0.2, -0.15) is 0 Å². The highest BCUT2D eigenvalue weighted by Crippen LogP contribution is 2.80. The van der Waals surface area contributed by atoms with Crippen LogP contribution in [0.4, 0.5) is 0 Å². The summed E-state index contributed by atoms with van der Waals surface area (Å²) < 4.78 is 24.5. The number of likely N-dealkylation sites (tertiary alicyclic amines) is 1. The zero-order chi connectivity index (χ0) is 23.6. The van der Waals surface area contributed by atoms with Gasteiger partial charge in [-0.05, 0) is 31.7 Å². The number of ether oxygens (including phenoxy) is 4. The lowest BCUT2D eigenvalue weighted by Gasteiger charge is -2.70. The van der Waals surface area contributed by atoms with Crippen LogP contribution in [0.3, 0.4) is 0 Å². The number of methoxy groups -OCH3 is 4. The second-order valence-corrected chi connectivity index (χ2v) is 11.8. The molecule has 8 heteroatoms. The Bertz CT molecular complexity index is 814. The lowest BCUT2D eigenvalue weighted by molar-refractivity contribution is -0.320. The van der Waals surface area contributed by atoms with Gasteiger partial charge in [-0.3, -0.25) is 4.90 Å². The van der Waals surface area contributed by atoms with Crippen molar-refractivity contribution >= 4 is 0 Å². The third-order valence-corrected chi connectivity index (χ3v) is 11.6. The summed E-state index contributed by atoms with van der Waals surface area (Å²) in [5.74, 6) is -0.0916. The van der Waals surface area contributed by atoms with Gasteiger partial charge in [-0.25, -0.2) is 0 Å². The average Bonchev–Trinajstić information content (AvgIpc) is 3.24. The Morgan fingerprint density at radius 2 is 1.79 bits per heavy atom. The molecule has 5 saturated carbocycles. The van der Waals surface area contributed by atoms with E-state index in [2.05, 4.69) is 11.8 Å². The third kappa shape index (κ3) is 2.16. The fourth-order valence-corrected chi connectivity index (χ4v) is 11.0. The molecule has 1 aliphatic heterocycles. The zero-order valence-corrected chi connectivity index (χ0v) is 20.6. The molecule has 1 heterocycles. The topological polar surface area (TPSA) is 101 Å². The van der Waals surface area contributed by atoms with Gasteiger partial charge in [0, 0.05) is 70.0 Å². The van der Waals surface area contributed by atoms with E-state index in [1.54, 1.807) is 28.4 Å². The van der Waals surface area contributed by atoms with E-state index in [9.17, 15) is 15.3 Å². The highest BCUT2D eigenvalue weighted by molar-refractivity contribution is 5.41. The number of likely N-dealkylation sites (N-methyl/N-ethyl adjacent to an activating group) is 1. The molecule has 0 radical (unpaired) electrons. The van der Waals surface area contributed by atoms with Crippen LogP contribution in [0.5, 0.6) is 0 Å². The van der Waals surface area contributed by atoms with Crippen molar-refractivity contribution in [1.82, 2.24) is 4.90 Å². The quantitative estimate of drug-likeness (QED) is 0.512. The molecule has 7 bridgehead atoms. The van der Waals surface area contributed by atoms with Gasteiger partial charge in [0.15, 0.2) is 0 Å². The lowest BCUT2D eigenvalue weighted by atomic mass is 9.42. The van der Waals surface area contributed by atoms with Crippen molar-refractivity contribution in [2.45, 2.75) is 74.3 Å². The minimum atomic E-state index is -1.52. The Morgan fingerprint density at radius 1 is 1.03 bits per heavy atom. The van der Waals surface area contributed by atoms with Crippen LogP contribution in [0.1, 0.15) is 32.6 Å². The SMILES string of the molecule is CCN1C[C@]2(CO)CC[C@H](OC)[C@]34C1[C@](O)([C@H](OC)[C@H]23)[C@@]1(O)C[C@H](OC)[C@H]2C[C@@H]4[C@@H]1[C@H]2OC. The predicted molar refractivity (Wildman–Crippen MR) is 119 cm³/mol. The van der Waals surface area contributed by atoms with Crippen molar-refractivity contribution in [2.75, 3.05) is 48.1 Å². The maximum Gasteiger partial charge on any atom is 0.136 e. The molecule has 3 N–H and O–H groups in total. The van der Waals surface area contributed by atoms with E-state index in [1.165, 1.54) is 0 Å². The molecule has 6 aliphatic rings. The molecule has 1 unspecified atom stereocenters. The molecule has 0 aromatic rings. The fraction of sp³-hybridized carbons (Fsp3) is 1.00. The largest absolute Gasteiger partial charge is 0.396 e. The number of piperidine rings is 1. The number of aliphatic hydroxyl groups is 3. The summed E-state index contributed by atoms with van der Waals surface area (Å²) in [6, 6.07) is -0.312. The second kappa shape index (κ2) is 7.13. The Hall–Kier alpha value is -0.320. The van der Waals surface area contributed by atoms with Crippen LogP contribution in [0, 0.1) is 34.5 Å². The van der Waals surface area contributed by atoms with E-state index in [0.717, 1.165) is 25.8 Å². The molecule has 5 aliphatic carbocycles. The van der Waals surface area contributed by atoms with Gasteiger partial charge in [-0.1, -0.05) is 6.92 Å². The van der Waals surface area contributed by atoms with Gasteiger partial charge in [0.1, 0.15) is 11.2 Å². The van der Waals surface area contributed by atoms with Gasteiger partial charge >= 0.3 is 0 Å². The Balaban J connectivity index is 1.68. The molecular formula is C25H41NO7. The maximum atomic E-state index is 13.0. The molecule has 0 aromatic heterocycles. The van der Waals surface area contributed by atoms with Crippen LogP contribution >= 0.6 is 0 Å². The Morgan fingerprint density at radius 3 is 2.36 bits per heavy atom. The van der Waals surface area contributed by atoms with Gasteiger partial charge in [0.05, 0.1) is 37.1 Å². The number of hydrogen-bond donors (Lipinski definition) is 3. The molecule has 6 rings (SSSR count). The van der Waals surface area contributed by atoms with Gasteiger partial charge < -0.3 is 34.3 Å². The van der Waals surface area contributed by atoms with E-state index >= 15 is 0 Å². The molecule has 8 nitrogen and oxygen atoms in total. The van der Waals surface area contributed by atoms with E-state index in [0.29, 0.717) is 13.0 Å². The Labute approximate surface area is 196 Å². The van der Waals surface area contributed by atoms with E-state index in [1.807, 2.05) is 0 Å². The van der Waals surface area contributed by atoms with Crippen molar-refractivity contribution in [2.24, 2.45) is 34.5 Å². The summed E-state index contributed by atoms with van der Waals surface area (Å²) in [5, 5.41) is 36.6. The van der Waals surface area contributed by atoms with Gasteiger partial charge in [0.25, 0.3) is 0 Å². The van der Waals surface area contributed by atoms with Crippen LogP contribution in [-0.4, -0.2) is 110 Å². The van der Waals surface area contributed by atoms with Crippen molar-refractivity contribution in [3.8, 4) is 0 Å². The summed E-state index contributed by atoms with van der Waals surface area (Å²) >= 11 is 0. The average molecular weight is 468 g/mol. The van der Waals surface area contributed by atoms with E-state index in [4.69, 9.17) is 18.9 Å². The number of rotatable bonds is 6. The first-order chi connectivity index (χ1) is 15.8. The third-order valence-electron chi connectivity index (χ3n) is 11.6. The smallest absolute Gasteiger partial charge is 0.136 e. The van der Waals surface area contributed by atoms with Crippen molar-refractivity contribution < 1.29 is 34.3 Å². The summed E-state index contributed by atoms with van der Waals surface area (Å²) in [6.45, 7) is 3.59. The molecule has 13 atom stereocenters. The number of aliphatic hydroxyl groups excluding tert-OH is 1. The molecule has 0 aromatic carbocycles. The van der Waals surface area contributed by atoms with Gasteiger partial charge in [-0.15, -0.1) is 0 Å². The summed E-state index contributed by atoms with van der Waals surface area (Å²) in [7, 11) is 6.85. The molecule has 0 amide bonds. The van der Waals surface area contributed by atoms with Crippen LogP contribution in [0.15, 0.2) is 0 Å². The summed E-state index contributed by atoms with van der Waals surface area (Å²) in [4.78, 5) is 2.33. The zero-order valence-electron chi connectivity index (χ0n) is 20.6. The fourth-order valence-electron chi connectivity index (χ4n) is 11.0. The number of nitrogens with zero attached hydrogens (tertiary/aromatic N) is 1. The minimum absolute atomic E-state index is 0.0443. The van der Waals surface area contributed by atoms with Crippen LogP contribution in [0.2, 0.25) is 0 Å². The molecule has 1 spiro atoms.